The number of nitrogens with zero attached hydrogens (tertiary/aromatic N) is 2. The van der Waals surface area contributed by atoms with Crippen molar-refractivity contribution >= 4 is 28.3 Å². The smallest absolute Gasteiger partial charge is 0.221 e. The van der Waals surface area contributed by atoms with Gasteiger partial charge in [0, 0.05) is 24.1 Å². The summed E-state index contributed by atoms with van der Waals surface area (Å²) in [5, 5.41) is 6.80. The van der Waals surface area contributed by atoms with Gasteiger partial charge in [-0.3, -0.25) is 4.79 Å². The van der Waals surface area contributed by atoms with Crippen LogP contribution in [0.1, 0.15) is 25.5 Å². The van der Waals surface area contributed by atoms with E-state index in [-0.39, 0.29) is 11.9 Å². The van der Waals surface area contributed by atoms with E-state index in [1.165, 1.54) is 24.8 Å². The van der Waals surface area contributed by atoms with Gasteiger partial charge < -0.3 is 10.6 Å². The molecule has 1 atom stereocenters. The highest BCUT2D eigenvalue weighted by Gasteiger charge is 2.08. The molecule has 1 aromatic carbocycles. The molecular weight excluding hydrogens is 248 g/mol. The first-order valence-electron chi connectivity index (χ1n) is 5.56. The van der Waals surface area contributed by atoms with E-state index in [9.17, 15) is 4.79 Å². The van der Waals surface area contributed by atoms with E-state index in [2.05, 4.69) is 20.0 Å². The molecule has 0 aliphatic rings. The molecule has 0 aliphatic carbocycles. The third-order valence-electron chi connectivity index (χ3n) is 2.41. The summed E-state index contributed by atoms with van der Waals surface area (Å²) in [5.74, 6) is -0.0723. The highest BCUT2D eigenvalue weighted by Crippen LogP contribution is 2.22. The van der Waals surface area contributed by atoms with Crippen molar-refractivity contribution in [2.45, 2.75) is 19.9 Å². The zero-order chi connectivity index (χ0) is 13.0. The molecular formula is C12H14N4OS. The van der Waals surface area contributed by atoms with Crippen molar-refractivity contribution in [3.05, 3.63) is 36.2 Å². The molecule has 1 unspecified atom stereocenters. The quantitative estimate of drug-likeness (QED) is 0.889. The van der Waals surface area contributed by atoms with Gasteiger partial charge in [0.15, 0.2) is 0 Å². The molecule has 0 fully saturated rings. The van der Waals surface area contributed by atoms with E-state index in [1.54, 1.807) is 0 Å². The fraction of sp³-hybridized carbons (Fsp3) is 0.250. The third kappa shape index (κ3) is 3.27. The van der Waals surface area contributed by atoms with Crippen molar-refractivity contribution in [2.24, 2.45) is 0 Å². The number of amides is 1. The number of benzene rings is 1. The summed E-state index contributed by atoms with van der Waals surface area (Å²) >= 11 is 1.32. The minimum atomic E-state index is -0.0723. The Morgan fingerprint density at radius 3 is 2.94 bits per heavy atom. The highest BCUT2D eigenvalue weighted by molar-refractivity contribution is 7.09. The van der Waals surface area contributed by atoms with E-state index < -0.39 is 0 Å². The normalized spacial score (nSPS) is 11.9. The summed E-state index contributed by atoms with van der Waals surface area (Å²) in [6.45, 7) is 3.53. The summed E-state index contributed by atoms with van der Waals surface area (Å²) in [6, 6.07) is 7.83. The van der Waals surface area contributed by atoms with Crippen molar-refractivity contribution in [3.8, 4) is 0 Å². The van der Waals surface area contributed by atoms with Crippen molar-refractivity contribution in [1.82, 2.24) is 9.36 Å². The lowest BCUT2D eigenvalue weighted by molar-refractivity contribution is -0.114. The van der Waals surface area contributed by atoms with Crippen LogP contribution in [0.5, 0.6) is 0 Å². The Kier molecular flexibility index (Phi) is 3.88. The van der Waals surface area contributed by atoms with Crippen molar-refractivity contribution in [1.29, 1.82) is 0 Å². The molecule has 2 rings (SSSR count). The first-order valence-corrected chi connectivity index (χ1v) is 6.33. The van der Waals surface area contributed by atoms with Gasteiger partial charge in [0.2, 0.25) is 11.0 Å². The number of carbonyl (C=O) groups is 1. The van der Waals surface area contributed by atoms with Crippen LogP contribution in [0.4, 0.5) is 10.8 Å². The van der Waals surface area contributed by atoms with Gasteiger partial charge in [-0.1, -0.05) is 12.1 Å². The maximum absolute atomic E-state index is 11.0. The van der Waals surface area contributed by atoms with Gasteiger partial charge in [0.1, 0.15) is 6.33 Å². The predicted octanol–water partition coefficient (Wildman–Crippen LogP) is 2.67. The maximum atomic E-state index is 11.0. The second kappa shape index (κ2) is 5.59. The first kappa shape index (κ1) is 12.5. The van der Waals surface area contributed by atoms with Crippen LogP contribution < -0.4 is 10.6 Å². The zero-order valence-electron chi connectivity index (χ0n) is 10.2. The van der Waals surface area contributed by atoms with E-state index >= 15 is 0 Å². The second-order valence-electron chi connectivity index (χ2n) is 3.92. The summed E-state index contributed by atoms with van der Waals surface area (Å²) in [5.41, 5.74) is 1.88. The van der Waals surface area contributed by atoms with Gasteiger partial charge in [-0.25, -0.2) is 4.98 Å². The number of rotatable bonds is 4. The molecule has 0 bridgehead atoms. The minimum Gasteiger partial charge on any atom is -0.354 e. The second-order valence-corrected chi connectivity index (χ2v) is 4.70. The molecule has 0 aliphatic heterocycles. The lowest BCUT2D eigenvalue weighted by Crippen LogP contribution is -2.09. The average Bonchev–Trinajstić information content (AvgIpc) is 2.81. The van der Waals surface area contributed by atoms with Gasteiger partial charge in [-0.2, -0.15) is 4.37 Å². The SMILES string of the molecule is CC(=O)Nc1cccc(C(C)Nc2ncns2)c1. The molecule has 5 nitrogen and oxygen atoms in total. The van der Waals surface area contributed by atoms with E-state index in [0.29, 0.717) is 0 Å². The number of carbonyl (C=O) groups excluding carboxylic acids is 1. The Labute approximate surface area is 109 Å². The molecule has 94 valence electrons. The Morgan fingerprint density at radius 2 is 2.28 bits per heavy atom. The maximum Gasteiger partial charge on any atom is 0.221 e. The van der Waals surface area contributed by atoms with Crippen LogP contribution in [0.3, 0.4) is 0 Å². The summed E-state index contributed by atoms with van der Waals surface area (Å²) in [7, 11) is 0. The molecule has 2 N–H and O–H groups in total. The Bertz CT molecular complexity index is 527. The summed E-state index contributed by atoms with van der Waals surface area (Å²) < 4.78 is 3.94. The molecule has 0 saturated heterocycles. The summed E-state index contributed by atoms with van der Waals surface area (Å²) in [4.78, 5) is 15.1. The van der Waals surface area contributed by atoms with Gasteiger partial charge >= 0.3 is 0 Å². The lowest BCUT2D eigenvalue weighted by Gasteiger charge is -2.14. The molecule has 0 spiro atoms. The predicted molar refractivity (Wildman–Crippen MR) is 72.7 cm³/mol. The van der Waals surface area contributed by atoms with Crippen LogP contribution in [-0.4, -0.2) is 15.3 Å². The number of hydrogen-bond acceptors (Lipinski definition) is 5. The molecule has 6 heteroatoms. The van der Waals surface area contributed by atoms with Gasteiger partial charge in [-0.15, -0.1) is 0 Å². The molecule has 0 saturated carbocycles. The van der Waals surface area contributed by atoms with Crippen LogP contribution in [0, 0.1) is 0 Å². The Balaban J connectivity index is 2.10. The molecule has 0 radical (unpaired) electrons. The standard InChI is InChI=1S/C12H14N4OS/c1-8(15-12-13-7-14-18-12)10-4-3-5-11(6-10)16-9(2)17/h3-8H,1-2H3,(H,16,17)(H,13,14,15). The molecule has 1 amide bonds. The number of aromatic nitrogens is 2. The van der Waals surface area contributed by atoms with Gasteiger partial charge in [0.05, 0.1) is 6.04 Å². The van der Waals surface area contributed by atoms with Gasteiger partial charge in [0.25, 0.3) is 0 Å². The van der Waals surface area contributed by atoms with Crippen LogP contribution in [0.25, 0.3) is 0 Å². The highest BCUT2D eigenvalue weighted by atomic mass is 32.1. The number of nitrogens with one attached hydrogen (secondary N) is 2. The van der Waals surface area contributed by atoms with Crippen molar-refractivity contribution in [2.75, 3.05) is 10.6 Å². The van der Waals surface area contributed by atoms with Crippen LogP contribution >= 0.6 is 11.5 Å². The van der Waals surface area contributed by atoms with Crippen LogP contribution in [0.2, 0.25) is 0 Å². The fourth-order valence-corrected chi connectivity index (χ4v) is 2.11. The molecule has 1 heterocycles. The van der Waals surface area contributed by atoms with Crippen LogP contribution in [0.15, 0.2) is 30.6 Å². The zero-order valence-corrected chi connectivity index (χ0v) is 11.0. The molecule has 2 aromatic rings. The fourth-order valence-electron chi connectivity index (χ4n) is 1.59. The monoisotopic (exact) mass is 262 g/mol. The number of anilines is 2. The summed E-state index contributed by atoms with van der Waals surface area (Å²) in [6.07, 6.45) is 1.52. The molecule has 1 aromatic heterocycles. The van der Waals surface area contributed by atoms with E-state index in [4.69, 9.17) is 0 Å². The third-order valence-corrected chi connectivity index (χ3v) is 3.00. The first-order chi connectivity index (χ1) is 8.65. The lowest BCUT2D eigenvalue weighted by atomic mass is 10.1. The Morgan fingerprint density at radius 1 is 1.44 bits per heavy atom. The minimum absolute atomic E-state index is 0.0723. The van der Waals surface area contributed by atoms with Crippen molar-refractivity contribution in [3.63, 3.8) is 0 Å². The van der Waals surface area contributed by atoms with E-state index in [0.717, 1.165) is 16.4 Å². The van der Waals surface area contributed by atoms with Gasteiger partial charge in [-0.05, 0) is 24.6 Å². The molecule has 18 heavy (non-hydrogen) atoms. The van der Waals surface area contributed by atoms with Crippen molar-refractivity contribution < 1.29 is 4.79 Å². The van der Waals surface area contributed by atoms with Crippen LogP contribution in [-0.2, 0) is 4.79 Å². The topological polar surface area (TPSA) is 66.9 Å². The Hall–Kier alpha value is -1.95. The number of hydrogen-bond donors (Lipinski definition) is 2. The van der Waals surface area contributed by atoms with E-state index in [1.807, 2.05) is 31.2 Å². The largest absolute Gasteiger partial charge is 0.354 e. The average molecular weight is 262 g/mol.